The summed E-state index contributed by atoms with van der Waals surface area (Å²) in [4.78, 5) is 0.984. The monoisotopic (exact) mass is 199 g/mol. The van der Waals surface area contributed by atoms with Crippen molar-refractivity contribution in [1.29, 1.82) is 0 Å². The number of thiophene rings is 1. The molecule has 1 atom stereocenters. The lowest BCUT2D eigenvalue weighted by molar-refractivity contribution is 0.187. The predicted molar refractivity (Wildman–Crippen MR) is 52.1 cm³/mol. The minimum Gasteiger partial charge on any atom is -0.492 e. The van der Waals surface area contributed by atoms with Gasteiger partial charge in [-0.1, -0.05) is 0 Å². The second-order valence-electron chi connectivity index (χ2n) is 3.15. The highest BCUT2D eigenvalue weighted by Gasteiger charge is 2.20. The molecule has 2 rings (SSSR count). The average Bonchev–Trinajstić information content (AvgIpc) is 2.60. The third-order valence-corrected chi connectivity index (χ3v) is 3.35. The maximum Gasteiger partial charge on any atom is 0.133 e. The van der Waals surface area contributed by atoms with Crippen LogP contribution in [0.4, 0.5) is 0 Å². The van der Waals surface area contributed by atoms with E-state index in [1.54, 1.807) is 11.3 Å². The summed E-state index contributed by atoms with van der Waals surface area (Å²) in [5.74, 6) is 0.943. The Labute approximate surface area is 81.1 Å². The fourth-order valence-electron chi connectivity index (χ4n) is 1.57. The SMILES string of the molecule is NCC(O)c1scc2c1CCCO2. The van der Waals surface area contributed by atoms with Crippen molar-refractivity contribution < 1.29 is 9.84 Å². The van der Waals surface area contributed by atoms with Crippen molar-refractivity contribution in [2.45, 2.75) is 18.9 Å². The lowest BCUT2D eigenvalue weighted by Gasteiger charge is -2.16. The zero-order valence-electron chi connectivity index (χ0n) is 7.32. The van der Waals surface area contributed by atoms with Gasteiger partial charge in [0.25, 0.3) is 0 Å². The predicted octanol–water partition coefficient (Wildman–Crippen LogP) is 1.07. The van der Waals surface area contributed by atoms with Crippen molar-refractivity contribution in [3.8, 4) is 5.75 Å². The van der Waals surface area contributed by atoms with E-state index in [0.717, 1.165) is 35.6 Å². The molecule has 13 heavy (non-hydrogen) atoms. The maximum absolute atomic E-state index is 9.60. The number of aliphatic hydroxyl groups is 1. The van der Waals surface area contributed by atoms with Crippen molar-refractivity contribution in [3.63, 3.8) is 0 Å². The van der Waals surface area contributed by atoms with Crippen molar-refractivity contribution in [3.05, 3.63) is 15.8 Å². The quantitative estimate of drug-likeness (QED) is 0.749. The lowest BCUT2D eigenvalue weighted by atomic mass is 10.1. The molecule has 1 aliphatic rings. The van der Waals surface area contributed by atoms with Gasteiger partial charge in [0.15, 0.2) is 0 Å². The third kappa shape index (κ3) is 1.57. The number of ether oxygens (including phenoxy) is 1. The average molecular weight is 199 g/mol. The minimum atomic E-state index is -0.518. The molecule has 1 aromatic heterocycles. The summed E-state index contributed by atoms with van der Waals surface area (Å²) < 4.78 is 5.46. The Hall–Kier alpha value is -0.580. The lowest BCUT2D eigenvalue weighted by Crippen LogP contribution is -2.14. The number of aliphatic hydroxyl groups excluding tert-OH is 1. The number of nitrogens with two attached hydrogens (primary N) is 1. The molecule has 1 aliphatic heterocycles. The Bertz CT molecular complexity index is 298. The van der Waals surface area contributed by atoms with Gasteiger partial charge in [0.1, 0.15) is 11.9 Å². The molecular formula is C9H13NO2S. The van der Waals surface area contributed by atoms with Crippen molar-refractivity contribution in [2.24, 2.45) is 5.73 Å². The molecule has 0 spiro atoms. The summed E-state index contributed by atoms with van der Waals surface area (Å²) in [6, 6.07) is 0. The fraction of sp³-hybridized carbons (Fsp3) is 0.556. The molecule has 1 unspecified atom stereocenters. The molecule has 0 saturated carbocycles. The topological polar surface area (TPSA) is 55.5 Å². The molecule has 0 bridgehead atoms. The van der Waals surface area contributed by atoms with E-state index in [1.807, 2.05) is 5.38 Å². The highest BCUT2D eigenvalue weighted by atomic mass is 32.1. The molecule has 4 heteroatoms. The molecule has 2 heterocycles. The molecule has 1 aromatic rings. The van der Waals surface area contributed by atoms with E-state index in [0.29, 0.717) is 0 Å². The Morgan fingerprint density at radius 1 is 1.69 bits per heavy atom. The summed E-state index contributed by atoms with van der Waals surface area (Å²) in [6.45, 7) is 1.08. The highest BCUT2D eigenvalue weighted by Crippen LogP contribution is 2.36. The van der Waals surface area contributed by atoms with Crippen LogP contribution in [0, 0.1) is 0 Å². The van der Waals surface area contributed by atoms with Gasteiger partial charge >= 0.3 is 0 Å². The Balaban J connectivity index is 2.31. The molecule has 0 amide bonds. The van der Waals surface area contributed by atoms with Gasteiger partial charge in [0.2, 0.25) is 0 Å². The summed E-state index contributed by atoms with van der Waals surface area (Å²) in [7, 11) is 0. The number of rotatable bonds is 2. The van der Waals surface area contributed by atoms with E-state index in [1.165, 1.54) is 0 Å². The fourth-order valence-corrected chi connectivity index (χ4v) is 2.61. The number of hydrogen-bond acceptors (Lipinski definition) is 4. The van der Waals surface area contributed by atoms with Crippen molar-refractivity contribution in [2.75, 3.05) is 13.2 Å². The van der Waals surface area contributed by atoms with Gasteiger partial charge in [-0.05, 0) is 12.8 Å². The molecule has 3 N–H and O–H groups in total. The zero-order chi connectivity index (χ0) is 9.26. The molecule has 0 aliphatic carbocycles. The van der Waals surface area contributed by atoms with E-state index < -0.39 is 6.10 Å². The summed E-state index contributed by atoms with van der Waals surface area (Å²) in [6.07, 6.45) is 1.52. The molecule has 0 aromatic carbocycles. The van der Waals surface area contributed by atoms with Crippen LogP contribution in [-0.2, 0) is 6.42 Å². The number of fused-ring (bicyclic) bond motifs is 1. The highest BCUT2D eigenvalue weighted by molar-refractivity contribution is 7.10. The maximum atomic E-state index is 9.60. The molecule has 0 saturated heterocycles. The first kappa shape index (κ1) is 8.99. The molecule has 0 radical (unpaired) electrons. The first-order valence-electron chi connectivity index (χ1n) is 4.44. The van der Waals surface area contributed by atoms with Crippen LogP contribution in [-0.4, -0.2) is 18.3 Å². The van der Waals surface area contributed by atoms with Crippen LogP contribution in [0.5, 0.6) is 5.75 Å². The first-order chi connectivity index (χ1) is 6.33. The third-order valence-electron chi connectivity index (χ3n) is 2.24. The van der Waals surface area contributed by atoms with Crippen LogP contribution in [0.25, 0.3) is 0 Å². The largest absolute Gasteiger partial charge is 0.492 e. The summed E-state index contributed by atoms with van der Waals surface area (Å²) in [5, 5.41) is 11.6. The number of hydrogen-bond donors (Lipinski definition) is 2. The molecular weight excluding hydrogens is 186 g/mol. The zero-order valence-corrected chi connectivity index (χ0v) is 8.14. The van der Waals surface area contributed by atoms with E-state index in [2.05, 4.69) is 0 Å². The van der Waals surface area contributed by atoms with Crippen LogP contribution in [0.2, 0.25) is 0 Å². The van der Waals surface area contributed by atoms with Gasteiger partial charge in [-0.3, -0.25) is 0 Å². The van der Waals surface area contributed by atoms with E-state index in [-0.39, 0.29) is 6.54 Å². The van der Waals surface area contributed by atoms with Gasteiger partial charge in [-0.2, -0.15) is 0 Å². The molecule has 72 valence electrons. The Morgan fingerprint density at radius 3 is 3.31 bits per heavy atom. The Morgan fingerprint density at radius 2 is 2.54 bits per heavy atom. The van der Waals surface area contributed by atoms with Crippen LogP contribution in [0.1, 0.15) is 23.0 Å². The van der Waals surface area contributed by atoms with Crippen LogP contribution >= 0.6 is 11.3 Å². The second kappa shape index (κ2) is 3.65. The van der Waals surface area contributed by atoms with E-state index in [4.69, 9.17) is 10.5 Å². The van der Waals surface area contributed by atoms with Crippen LogP contribution in [0.3, 0.4) is 0 Å². The first-order valence-corrected chi connectivity index (χ1v) is 5.32. The van der Waals surface area contributed by atoms with E-state index >= 15 is 0 Å². The van der Waals surface area contributed by atoms with Gasteiger partial charge in [-0.25, -0.2) is 0 Å². The van der Waals surface area contributed by atoms with Gasteiger partial charge < -0.3 is 15.6 Å². The minimum absolute atomic E-state index is 0.285. The van der Waals surface area contributed by atoms with E-state index in [9.17, 15) is 5.11 Å². The normalized spacial score (nSPS) is 17.7. The summed E-state index contributed by atoms with van der Waals surface area (Å²) >= 11 is 1.54. The second-order valence-corrected chi connectivity index (χ2v) is 4.06. The van der Waals surface area contributed by atoms with Gasteiger partial charge in [0.05, 0.1) is 6.61 Å². The standard InChI is InChI=1S/C9H13NO2S/c10-4-7(11)9-6-2-1-3-12-8(6)5-13-9/h5,7,11H,1-4,10H2. The van der Waals surface area contributed by atoms with Gasteiger partial charge in [0, 0.05) is 22.4 Å². The van der Waals surface area contributed by atoms with Crippen molar-refractivity contribution in [1.82, 2.24) is 0 Å². The van der Waals surface area contributed by atoms with Crippen molar-refractivity contribution >= 4 is 11.3 Å². The van der Waals surface area contributed by atoms with Crippen LogP contribution in [0.15, 0.2) is 5.38 Å². The molecule has 0 fully saturated rings. The summed E-state index contributed by atoms with van der Waals surface area (Å²) in [5.41, 5.74) is 6.57. The smallest absolute Gasteiger partial charge is 0.133 e. The van der Waals surface area contributed by atoms with Crippen LogP contribution < -0.4 is 10.5 Å². The Kier molecular flexibility index (Phi) is 2.53. The molecule has 3 nitrogen and oxygen atoms in total. The van der Waals surface area contributed by atoms with Gasteiger partial charge in [-0.15, -0.1) is 11.3 Å².